The Balaban J connectivity index is 1.94. The number of aryl methyl sites for hydroxylation is 1. The molecule has 0 aliphatic carbocycles. The predicted molar refractivity (Wildman–Crippen MR) is 92.9 cm³/mol. The van der Waals surface area contributed by atoms with E-state index < -0.39 is 0 Å². The zero-order chi connectivity index (χ0) is 15.9. The van der Waals surface area contributed by atoms with Crippen molar-refractivity contribution in [1.82, 2.24) is 0 Å². The standard InChI is InChI=1S/C18H21NO2S/c1-13-8-9-16(11-20)10-17(13)19-18(21)14(2)22-12-15-6-4-3-5-7-15/h3-10,14,20H,11-12H2,1-2H3,(H,19,21). The Morgan fingerprint density at radius 1 is 1.18 bits per heavy atom. The van der Waals surface area contributed by atoms with Gasteiger partial charge in [0, 0.05) is 11.4 Å². The summed E-state index contributed by atoms with van der Waals surface area (Å²) >= 11 is 1.61. The Kier molecular flexibility index (Phi) is 6.04. The summed E-state index contributed by atoms with van der Waals surface area (Å²) in [5, 5.41) is 12.0. The first-order chi connectivity index (χ1) is 10.6. The van der Waals surface area contributed by atoms with E-state index in [1.807, 2.05) is 50.2 Å². The maximum Gasteiger partial charge on any atom is 0.237 e. The molecule has 2 N–H and O–H groups in total. The highest BCUT2D eigenvalue weighted by Gasteiger charge is 2.14. The number of hydrogen-bond donors (Lipinski definition) is 2. The van der Waals surface area contributed by atoms with Crippen molar-refractivity contribution in [3.05, 3.63) is 65.2 Å². The van der Waals surface area contributed by atoms with Gasteiger partial charge in [-0.25, -0.2) is 0 Å². The number of hydrogen-bond acceptors (Lipinski definition) is 3. The second-order valence-electron chi connectivity index (χ2n) is 5.24. The molecule has 0 aliphatic rings. The van der Waals surface area contributed by atoms with Crippen LogP contribution < -0.4 is 5.32 Å². The Morgan fingerprint density at radius 2 is 1.91 bits per heavy atom. The van der Waals surface area contributed by atoms with E-state index in [0.29, 0.717) is 0 Å². The van der Waals surface area contributed by atoms with Crippen molar-refractivity contribution in [3.63, 3.8) is 0 Å². The van der Waals surface area contributed by atoms with Crippen LogP contribution >= 0.6 is 11.8 Å². The SMILES string of the molecule is Cc1ccc(CO)cc1NC(=O)C(C)SCc1ccccc1. The number of anilines is 1. The summed E-state index contributed by atoms with van der Waals surface area (Å²) in [6.45, 7) is 3.83. The van der Waals surface area contributed by atoms with Crippen molar-refractivity contribution in [2.45, 2.75) is 31.5 Å². The zero-order valence-electron chi connectivity index (χ0n) is 12.9. The Bertz CT molecular complexity index is 628. The van der Waals surface area contributed by atoms with Gasteiger partial charge >= 0.3 is 0 Å². The molecule has 1 amide bonds. The highest BCUT2D eigenvalue weighted by atomic mass is 32.2. The van der Waals surface area contributed by atoms with Gasteiger partial charge in [-0.2, -0.15) is 0 Å². The molecule has 0 aliphatic heterocycles. The molecule has 0 saturated heterocycles. The highest BCUT2D eigenvalue weighted by Crippen LogP contribution is 2.21. The van der Waals surface area contributed by atoms with Gasteiger partial charge in [0.2, 0.25) is 5.91 Å². The van der Waals surface area contributed by atoms with Crippen LogP contribution in [0.15, 0.2) is 48.5 Å². The van der Waals surface area contributed by atoms with Gasteiger partial charge < -0.3 is 10.4 Å². The minimum Gasteiger partial charge on any atom is -0.392 e. The molecule has 0 radical (unpaired) electrons. The summed E-state index contributed by atoms with van der Waals surface area (Å²) in [6.07, 6.45) is 0. The number of amides is 1. The Hall–Kier alpha value is -1.78. The van der Waals surface area contributed by atoms with Crippen LogP contribution in [-0.4, -0.2) is 16.3 Å². The first-order valence-corrected chi connectivity index (χ1v) is 8.32. The van der Waals surface area contributed by atoms with Gasteiger partial charge in [-0.3, -0.25) is 4.79 Å². The molecule has 0 bridgehead atoms. The van der Waals surface area contributed by atoms with E-state index in [-0.39, 0.29) is 17.8 Å². The van der Waals surface area contributed by atoms with E-state index >= 15 is 0 Å². The first-order valence-electron chi connectivity index (χ1n) is 7.27. The third-order valence-electron chi connectivity index (χ3n) is 3.45. The second-order valence-corrected chi connectivity index (χ2v) is 6.56. The third-order valence-corrected chi connectivity index (χ3v) is 4.67. The normalized spacial score (nSPS) is 12.0. The van der Waals surface area contributed by atoms with Crippen molar-refractivity contribution >= 4 is 23.4 Å². The molecule has 2 rings (SSSR count). The zero-order valence-corrected chi connectivity index (χ0v) is 13.7. The van der Waals surface area contributed by atoms with E-state index in [9.17, 15) is 9.90 Å². The number of benzene rings is 2. The summed E-state index contributed by atoms with van der Waals surface area (Å²) in [4.78, 5) is 12.3. The number of rotatable bonds is 6. The highest BCUT2D eigenvalue weighted by molar-refractivity contribution is 7.99. The van der Waals surface area contributed by atoms with Crippen LogP contribution in [0.25, 0.3) is 0 Å². The molecule has 1 unspecified atom stereocenters. The molecule has 0 fully saturated rings. The fourth-order valence-electron chi connectivity index (χ4n) is 2.01. The van der Waals surface area contributed by atoms with Crippen molar-refractivity contribution in [2.75, 3.05) is 5.32 Å². The maximum atomic E-state index is 12.3. The summed E-state index contributed by atoms with van der Waals surface area (Å²) in [6, 6.07) is 15.7. The van der Waals surface area contributed by atoms with Gasteiger partial charge in [0.25, 0.3) is 0 Å². The van der Waals surface area contributed by atoms with Crippen LogP contribution in [0.4, 0.5) is 5.69 Å². The van der Waals surface area contributed by atoms with Crippen molar-refractivity contribution in [3.8, 4) is 0 Å². The smallest absolute Gasteiger partial charge is 0.237 e. The monoisotopic (exact) mass is 315 g/mol. The van der Waals surface area contributed by atoms with Crippen LogP contribution in [0.2, 0.25) is 0 Å². The van der Waals surface area contributed by atoms with Crippen LogP contribution in [0.3, 0.4) is 0 Å². The lowest BCUT2D eigenvalue weighted by Crippen LogP contribution is -2.23. The van der Waals surface area contributed by atoms with Crippen LogP contribution in [0, 0.1) is 6.92 Å². The van der Waals surface area contributed by atoms with E-state index in [1.54, 1.807) is 11.8 Å². The van der Waals surface area contributed by atoms with Crippen LogP contribution in [0.1, 0.15) is 23.6 Å². The number of aliphatic hydroxyl groups is 1. The molecule has 0 aromatic heterocycles. The van der Waals surface area contributed by atoms with Crippen LogP contribution in [0.5, 0.6) is 0 Å². The number of nitrogens with one attached hydrogen (secondary N) is 1. The van der Waals surface area contributed by atoms with Gasteiger partial charge in [0.05, 0.1) is 11.9 Å². The average Bonchev–Trinajstić information content (AvgIpc) is 2.55. The van der Waals surface area contributed by atoms with Gasteiger partial charge in [0.1, 0.15) is 0 Å². The van der Waals surface area contributed by atoms with E-state index in [0.717, 1.165) is 22.6 Å². The largest absolute Gasteiger partial charge is 0.392 e. The molecule has 1 atom stereocenters. The molecule has 3 nitrogen and oxygen atoms in total. The third kappa shape index (κ3) is 4.61. The van der Waals surface area contributed by atoms with E-state index in [2.05, 4.69) is 17.4 Å². The van der Waals surface area contributed by atoms with Gasteiger partial charge in [0.15, 0.2) is 0 Å². The number of carbonyl (C=O) groups is 1. The first kappa shape index (κ1) is 16.6. The molecule has 0 spiro atoms. The fraction of sp³-hybridized carbons (Fsp3) is 0.278. The van der Waals surface area contributed by atoms with Gasteiger partial charge in [-0.05, 0) is 36.6 Å². The molecular formula is C18H21NO2S. The molecular weight excluding hydrogens is 294 g/mol. The van der Waals surface area contributed by atoms with Crippen molar-refractivity contribution < 1.29 is 9.90 Å². The van der Waals surface area contributed by atoms with E-state index in [4.69, 9.17) is 0 Å². The minimum absolute atomic E-state index is 0.0147. The topological polar surface area (TPSA) is 49.3 Å². The van der Waals surface area contributed by atoms with Crippen LogP contribution in [-0.2, 0) is 17.2 Å². The summed E-state index contributed by atoms with van der Waals surface area (Å²) in [5.74, 6) is 0.796. The van der Waals surface area contributed by atoms with Gasteiger partial charge in [-0.15, -0.1) is 11.8 Å². The predicted octanol–water partition coefficient (Wildman–Crippen LogP) is 3.75. The summed E-state index contributed by atoms with van der Waals surface area (Å²) in [7, 11) is 0. The second kappa shape index (κ2) is 8.01. The quantitative estimate of drug-likeness (QED) is 0.853. The molecule has 2 aromatic carbocycles. The van der Waals surface area contributed by atoms with Crippen molar-refractivity contribution in [1.29, 1.82) is 0 Å². The number of carbonyl (C=O) groups excluding carboxylic acids is 1. The Morgan fingerprint density at radius 3 is 2.59 bits per heavy atom. The molecule has 0 saturated carbocycles. The van der Waals surface area contributed by atoms with E-state index in [1.165, 1.54) is 5.56 Å². The fourth-order valence-corrected chi connectivity index (χ4v) is 2.85. The average molecular weight is 315 g/mol. The molecule has 116 valence electrons. The lowest BCUT2D eigenvalue weighted by atomic mass is 10.1. The lowest BCUT2D eigenvalue weighted by molar-refractivity contribution is -0.115. The maximum absolute atomic E-state index is 12.3. The lowest BCUT2D eigenvalue weighted by Gasteiger charge is -2.14. The summed E-state index contributed by atoms with van der Waals surface area (Å²) < 4.78 is 0. The van der Waals surface area contributed by atoms with Gasteiger partial charge in [-0.1, -0.05) is 42.5 Å². The molecule has 2 aromatic rings. The minimum atomic E-state index is -0.141. The molecule has 22 heavy (non-hydrogen) atoms. The molecule has 0 heterocycles. The number of thioether (sulfide) groups is 1. The number of aliphatic hydroxyl groups excluding tert-OH is 1. The Labute approximate surface area is 135 Å². The molecule has 4 heteroatoms. The summed E-state index contributed by atoms with van der Waals surface area (Å²) in [5.41, 5.74) is 3.77. The van der Waals surface area contributed by atoms with Crippen molar-refractivity contribution in [2.24, 2.45) is 0 Å².